The van der Waals surface area contributed by atoms with Gasteiger partial charge in [0, 0.05) is 29.7 Å². The van der Waals surface area contributed by atoms with Crippen molar-refractivity contribution in [3.63, 3.8) is 0 Å². The van der Waals surface area contributed by atoms with E-state index in [0.717, 1.165) is 27.6 Å². The third-order valence-electron chi connectivity index (χ3n) is 5.79. The van der Waals surface area contributed by atoms with Gasteiger partial charge in [-0.2, -0.15) is 0 Å². The predicted molar refractivity (Wildman–Crippen MR) is 127 cm³/mol. The number of β-lactam (4-membered cyclic amide) rings is 1. The van der Waals surface area contributed by atoms with Crippen molar-refractivity contribution in [1.82, 2.24) is 24.9 Å². The summed E-state index contributed by atoms with van der Waals surface area (Å²) in [6, 6.07) is 4.71. The van der Waals surface area contributed by atoms with Gasteiger partial charge in [-0.15, -0.1) is 23.1 Å². The van der Waals surface area contributed by atoms with Gasteiger partial charge in [-0.25, -0.2) is 9.55 Å². The Kier molecular flexibility index (Phi) is 6.09. The number of carboxylic acids is 1. The number of hydrogen-bond acceptors (Lipinski definition) is 11. The Labute approximate surface area is 212 Å². The van der Waals surface area contributed by atoms with Crippen molar-refractivity contribution in [3.8, 4) is 0 Å². The molecular weight excluding hydrogens is 508 g/mol. The molecule has 3 aromatic heterocycles. The lowest BCUT2D eigenvalue weighted by Crippen LogP contribution is -2.71. The number of carbonyl (C=O) groups is 3. The van der Waals surface area contributed by atoms with Gasteiger partial charge in [0.2, 0.25) is 6.33 Å². The van der Waals surface area contributed by atoms with E-state index in [1.165, 1.54) is 18.9 Å². The number of aliphatic carboxylic acids is 1. The number of nitrogen functional groups attached to an aromatic ring is 1. The Balaban J connectivity index is 1.38. The smallest absolute Gasteiger partial charge is 0.308 e. The summed E-state index contributed by atoms with van der Waals surface area (Å²) < 4.78 is 3.55. The van der Waals surface area contributed by atoms with Gasteiger partial charge < -0.3 is 25.8 Å². The molecule has 186 valence electrons. The fraction of sp³-hybridized carbons (Fsp3) is 0.286. The highest BCUT2D eigenvalue weighted by Crippen LogP contribution is 2.40. The number of nitrogens with one attached hydrogen (secondary N) is 1. The summed E-state index contributed by atoms with van der Waals surface area (Å²) in [5.41, 5.74) is 7.73. The molecule has 0 unspecified atom stereocenters. The van der Waals surface area contributed by atoms with E-state index in [4.69, 9.17) is 10.6 Å². The molecule has 5 heterocycles. The van der Waals surface area contributed by atoms with E-state index < -0.39 is 29.2 Å². The van der Waals surface area contributed by atoms with Crippen molar-refractivity contribution in [2.75, 3.05) is 18.6 Å². The van der Waals surface area contributed by atoms with Crippen LogP contribution in [0, 0.1) is 6.92 Å². The number of fused-ring (bicyclic) bond motifs is 2. The number of carbonyl (C=O) groups excluding carboxylic acids is 3. The van der Waals surface area contributed by atoms with Gasteiger partial charge in [0.15, 0.2) is 10.8 Å². The summed E-state index contributed by atoms with van der Waals surface area (Å²) in [4.78, 5) is 48.0. The molecule has 0 radical (unpaired) electrons. The van der Waals surface area contributed by atoms with E-state index >= 15 is 0 Å². The number of nitrogens with two attached hydrogens (primary N) is 1. The number of anilines is 1. The lowest BCUT2D eigenvalue weighted by molar-refractivity contribution is -0.584. The van der Waals surface area contributed by atoms with E-state index in [-0.39, 0.29) is 28.8 Å². The van der Waals surface area contributed by atoms with Crippen molar-refractivity contribution in [2.24, 2.45) is 5.16 Å². The minimum Gasteiger partial charge on any atom is -0.543 e. The first-order chi connectivity index (χ1) is 17.3. The average molecular weight is 529 g/mol. The molecule has 1 saturated heterocycles. The first-order valence-corrected chi connectivity index (χ1v) is 12.6. The number of amides is 2. The van der Waals surface area contributed by atoms with Crippen LogP contribution in [-0.2, 0) is 25.8 Å². The quantitative estimate of drug-likeness (QED) is 0.159. The first kappa shape index (κ1) is 23.7. The first-order valence-electron chi connectivity index (χ1n) is 10.6. The molecule has 2 amide bonds. The second-order valence-electron chi connectivity index (χ2n) is 7.99. The number of hydrogen-bond donors (Lipinski definition) is 2. The van der Waals surface area contributed by atoms with Crippen molar-refractivity contribution < 1.29 is 28.8 Å². The largest absolute Gasteiger partial charge is 0.543 e. The summed E-state index contributed by atoms with van der Waals surface area (Å²) in [5.74, 6) is -2.39. The van der Waals surface area contributed by atoms with Crippen molar-refractivity contribution in [3.05, 3.63) is 52.6 Å². The number of oxime groups is 1. The van der Waals surface area contributed by atoms with Crippen molar-refractivity contribution in [2.45, 2.75) is 24.9 Å². The van der Waals surface area contributed by atoms with E-state index in [0.29, 0.717) is 11.3 Å². The molecule has 2 aliphatic heterocycles. The highest BCUT2D eigenvalue weighted by Gasteiger charge is 2.53. The van der Waals surface area contributed by atoms with Gasteiger partial charge in [0.1, 0.15) is 36.5 Å². The van der Waals surface area contributed by atoms with Crippen LogP contribution >= 0.6 is 23.1 Å². The molecule has 5 rings (SSSR count). The summed E-state index contributed by atoms with van der Waals surface area (Å²) in [7, 11) is 1.28. The van der Waals surface area contributed by atoms with Gasteiger partial charge in [-0.05, 0) is 11.2 Å². The van der Waals surface area contributed by atoms with Crippen LogP contribution in [0.1, 0.15) is 11.4 Å². The molecule has 2 aliphatic rings. The lowest BCUT2D eigenvalue weighted by atomic mass is 10.0. The number of pyridine rings is 1. The van der Waals surface area contributed by atoms with E-state index in [1.807, 2.05) is 29.7 Å². The molecule has 0 saturated carbocycles. The molecule has 0 spiro atoms. The highest BCUT2D eigenvalue weighted by molar-refractivity contribution is 8.00. The summed E-state index contributed by atoms with van der Waals surface area (Å²) in [6.07, 6.45) is 1.61. The van der Waals surface area contributed by atoms with Crippen LogP contribution in [-0.4, -0.2) is 67.3 Å². The van der Waals surface area contributed by atoms with E-state index in [2.05, 4.69) is 20.6 Å². The topological polar surface area (TPSA) is 172 Å². The van der Waals surface area contributed by atoms with Crippen LogP contribution in [0.3, 0.4) is 0 Å². The zero-order valence-electron chi connectivity index (χ0n) is 19.1. The Hall–Kier alpha value is -3.98. The van der Waals surface area contributed by atoms with E-state index in [9.17, 15) is 19.5 Å². The predicted octanol–water partition coefficient (Wildman–Crippen LogP) is -1.58. The number of aryl methyl sites for hydroxylation is 1. The van der Waals surface area contributed by atoms with Gasteiger partial charge in [0.25, 0.3) is 11.8 Å². The molecule has 0 aromatic carbocycles. The Bertz CT molecular complexity index is 1460. The minimum absolute atomic E-state index is 0.145. The van der Waals surface area contributed by atoms with Crippen molar-refractivity contribution >= 4 is 57.4 Å². The number of thiazole rings is 1. The zero-order chi connectivity index (χ0) is 25.6. The molecular formula is C21H20N8O5S2. The number of aromatic nitrogens is 4. The second kappa shape index (κ2) is 9.23. The van der Waals surface area contributed by atoms with E-state index in [1.54, 1.807) is 16.2 Å². The van der Waals surface area contributed by atoms with Gasteiger partial charge >= 0.3 is 5.65 Å². The van der Waals surface area contributed by atoms with Crippen LogP contribution in [0.4, 0.5) is 5.13 Å². The van der Waals surface area contributed by atoms with Gasteiger partial charge in [0.05, 0.1) is 11.7 Å². The Morgan fingerprint density at radius 1 is 1.42 bits per heavy atom. The third kappa shape index (κ3) is 3.95. The molecule has 3 N–H and O–H groups in total. The molecule has 15 heteroatoms. The maximum atomic E-state index is 13.0. The zero-order valence-corrected chi connectivity index (χ0v) is 20.7. The Morgan fingerprint density at radius 3 is 2.92 bits per heavy atom. The highest BCUT2D eigenvalue weighted by atomic mass is 32.2. The second-order valence-corrected chi connectivity index (χ2v) is 9.98. The Morgan fingerprint density at radius 2 is 2.22 bits per heavy atom. The molecule has 0 aliphatic carbocycles. The van der Waals surface area contributed by atoms with Crippen LogP contribution in [0.15, 0.2) is 46.3 Å². The molecule has 1 fully saturated rings. The maximum Gasteiger partial charge on any atom is 0.308 e. The third-order valence-corrected chi connectivity index (χ3v) is 7.80. The summed E-state index contributed by atoms with van der Waals surface area (Å²) >= 11 is 2.47. The van der Waals surface area contributed by atoms with Gasteiger partial charge in [-0.3, -0.25) is 14.5 Å². The SMILES string of the molecule is CO/N=C(\C(=O)N[C@@H]1C(=O)N2C(C(=O)[O-])=C(Cn3cn[n+]4c(C)cccc34)CS[C@H]12)c1csc(N)n1. The van der Waals surface area contributed by atoms with Crippen LogP contribution in [0.25, 0.3) is 5.65 Å². The lowest BCUT2D eigenvalue weighted by Gasteiger charge is -2.50. The summed E-state index contributed by atoms with van der Waals surface area (Å²) in [6.45, 7) is 2.13. The molecule has 0 bridgehead atoms. The number of carboxylic acid groups (broad SMARTS) is 1. The molecule has 3 aromatic rings. The van der Waals surface area contributed by atoms with Crippen LogP contribution < -0.4 is 20.7 Å². The van der Waals surface area contributed by atoms with Crippen LogP contribution in [0.2, 0.25) is 0 Å². The average Bonchev–Trinajstić information content (AvgIpc) is 3.47. The van der Waals surface area contributed by atoms with Gasteiger partial charge in [-0.1, -0.05) is 15.7 Å². The summed E-state index contributed by atoms with van der Waals surface area (Å²) in [5, 5.41) is 24.0. The molecule has 36 heavy (non-hydrogen) atoms. The maximum absolute atomic E-state index is 13.0. The normalized spacial score (nSPS) is 19.8. The fourth-order valence-corrected chi connectivity index (χ4v) is 6.04. The minimum atomic E-state index is -1.46. The fourth-order valence-electron chi connectivity index (χ4n) is 4.16. The van der Waals surface area contributed by atoms with Crippen LogP contribution in [0.5, 0.6) is 0 Å². The monoisotopic (exact) mass is 528 g/mol. The molecule has 2 atom stereocenters. The number of nitrogens with zero attached hydrogens (tertiary/aromatic N) is 6. The number of rotatable bonds is 7. The number of thioether (sulfide) groups is 1. The van der Waals surface area contributed by atoms with Crippen molar-refractivity contribution in [1.29, 1.82) is 0 Å². The molecule has 13 nitrogen and oxygen atoms in total. The standard InChI is InChI=1S/C21H20N8O5S2/c1-10-4-3-5-13-27(9-23-29(10)13)6-11-7-35-19-15(18(31)28(19)16(11)20(32)33)25-17(30)14(26-34-2)12-8-36-21(22)24-12/h3-5,8-9,15,19H,6-7H2,1-2H3,(H3-,22,24,25,30,32,33)/b26-14-/t15-,19-/m1/s1.